The molecule has 0 amide bonds. The molecule has 4 heterocycles. The first-order chi connectivity index (χ1) is 17.5. The van der Waals surface area contributed by atoms with Gasteiger partial charge >= 0.3 is 6.18 Å². The molecule has 0 aliphatic carbocycles. The maximum Gasteiger partial charge on any atom is 0.408 e. The highest BCUT2D eigenvalue weighted by atomic mass is 19.4. The van der Waals surface area contributed by atoms with Gasteiger partial charge in [0.05, 0.1) is 12.1 Å². The molecule has 0 bridgehead atoms. The van der Waals surface area contributed by atoms with Crippen molar-refractivity contribution in [1.29, 1.82) is 0 Å². The Kier molecular flexibility index (Phi) is 6.55. The van der Waals surface area contributed by atoms with Crippen molar-refractivity contribution in [3.8, 4) is 17.3 Å². The number of pyridine rings is 2. The van der Waals surface area contributed by atoms with Crippen molar-refractivity contribution >= 4 is 16.6 Å². The number of nitrogens with zero attached hydrogens (tertiary/aromatic N) is 5. The van der Waals surface area contributed by atoms with Crippen LogP contribution in [0.3, 0.4) is 0 Å². The molecule has 1 aromatic carbocycles. The van der Waals surface area contributed by atoms with Crippen molar-refractivity contribution in [3.05, 3.63) is 54.2 Å². The molecule has 1 aliphatic heterocycles. The van der Waals surface area contributed by atoms with E-state index in [0.717, 1.165) is 5.39 Å². The topological polar surface area (TPSA) is 90.8 Å². The number of halogens is 3. The van der Waals surface area contributed by atoms with Crippen LogP contribution in [0.25, 0.3) is 28.1 Å². The second-order valence-electron chi connectivity index (χ2n) is 9.97. The molecule has 196 valence electrons. The lowest BCUT2D eigenvalue weighted by Gasteiger charge is -2.31. The van der Waals surface area contributed by atoms with E-state index in [2.05, 4.69) is 10.2 Å². The van der Waals surface area contributed by atoms with Crippen LogP contribution >= 0.6 is 0 Å². The SMILES string of the molecule is COCC(C)Oc1ccc2ccc(-c3nnc4ccc(C(N5CCC(C)(N)C5)C(F)(F)F)cn34)nc2c1. The van der Waals surface area contributed by atoms with E-state index in [4.69, 9.17) is 20.2 Å². The number of ether oxygens (including phenoxy) is 2. The normalized spacial score (nSPS) is 20.5. The fourth-order valence-electron chi connectivity index (χ4n) is 4.89. The zero-order valence-corrected chi connectivity index (χ0v) is 20.9. The lowest BCUT2D eigenvalue weighted by molar-refractivity contribution is -0.184. The molecule has 5 rings (SSSR count). The molecule has 2 N–H and O–H groups in total. The zero-order valence-electron chi connectivity index (χ0n) is 20.9. The van der Waals surface area contributed by atoms with Gasteiger partial charge in [0.15, 0.2) is 11.5 Å². The maximum absolute atomic E-state index is 14.3. The average Bonchev–Trinajstić information content (AvgIpc) is 3.40. The number of hydrogen-bond acceptors (Lipinski definition) is 7. The molecule has 1 saturated heterocycles. The second-order valence-corrected chi connectivity index (χ2v) is 9.97. The van der Waals surface area contributed by atoms with Gasteiger partial charge in [0.2, 0.25) is 0 Å². The molecule has 37 heavy (non-hydrogen) atoms. The van der Waals surface area contributed by atoms with Crippen LogP contribution in [0.2, 0.25) is 0 Å². The van der Waals surface area contributed by atoms with Gasteiger partial charge in [-0.3, -0.25) is 9.30 Å². The van der Waals surface area contributed by atoms with Crippen LogP contribution in [-0.4, -0.2) is 69.1 Å². The van der Waals surface area contributed by atoms with E-state index in [9.17, 15) is 13.2 Å². The Morgan fingerprint density at radius 3 is 2.62 bits per heavy atom. The minimum atomic E-state index is -4.47. The predicted octanol–water partition coefficient (Wildman–Crippen LogP) is 4.38. The van der Waals surface area contributed by atoms with Crippen LogP contribution < -0.4 is 10.5 Å². The molecular formula is C26H29F3N6O2. The van der Waals surface area contributed by atoms with Crippen molar-refractivity contribution in [2.45, 2.75) is 44.1 Å². The van der Waals surface area contributed by atoms with E-state index >= 15 is 0 Å². The van der Waals surface area contributed by atoms with Crippen LogP contribution in [0.1, 0.15) is 31.9 Å². The summed E-state index contributed by atoms with van der Waals surface area (Å²) in [6.45, 7) is 4.55. The third kappa shape index (κ3) is 5.25. The van der Waals surface area contributed by atoms with Gasteiger partial charge in [-0.2, -0.15) is 13.2 Å². The van der Waals surface area contributed by atoms with Gasteiger partial charge in [-0.05, 0) is 50.1 Å². The first-order valence-electron chi connectivity index (χ1n) is 12.1. The Morgan fingerprint density at radius 1 is 1.14 bits per heavy atom. The van der Waals surface area contributed by atoms with Crippen molar-refractivity contribution in [2.24, 2.45) is 5.73 Å². The van der Waals surface area contributed by atoms with Crippen LogP contribution in [0.15, 0.2) is 48.7 Å². The average molecular weight is 515 g/mol. The van der Waals surface area contributed by atoms with E-state index in [1.54, 1.807) is 30.6 Å². The Hall–Kier alpha value is -3.28. The summed E-state index contributed by atoms with van der Waals surface area (Å²) >= 11 is 0. The van der Waals surface area contributed by atoms with Gasteiger partial charge in [-0.15, -0.1) is 10.2 Å². The number of nitrogens with two attached hydrogens (primary N) is 1. The fraction of sp³-hybridized carbons (Fsp3) is 0.423. The number of hydrogen-bond donors (Lipinski definition) is 1. The molecule has 0 saturated carbocycles. The predicted molar refractivity (Wildman–Crippen MR) is 133 cm³/mol. The molecule has 1 aliphatic rings. The summed E-state index contributed by atoms with van der Waals surface area (Å²) in [6, 6.07) is 10.5. The van der Waals surface area contributed by atoms with Gasteiger partial charge in [0, 0.05) is 43.4 Å². The largest absolute Gasteiger partial charge is 0.488 e. The molecule has 4 aromatic rings. The Balaban J connectivity index is 1.52. The number of methoxy groups -OCH3 is 1. The summed E-state index contributed by atoms with van der Waals surface area (Å²) < 4.78 is 55.3. The number of benzene rings is 1. The molecule has 11 heteroatoms. The fourth-order valence-corrected chi connectivity index (χ4v) is 4.89. The summed E-state index contributed by atoms with van der Waals surface area (Å²) in [5, 5.41) is 9.28. The lowest BCUT2D eigenvalue weighted by atomic mass is 10.0. The van der Waals surface area contributed by atoms with Crippen molar-refractivity contribution in [3.63, 3.8) is 0 Å². The standard InChI is InChI=1S/C26H29F3N6O2/c1-16(14-36-3)37-19-7-4-17-5-8-20(31-21(17)12-19)24-33-32-22-9-6-18(13-35(22)24)23(26(27,28)29)34-11-10-25(2,30)15-34/h4-9,12-13,16,23H,10-11,14-15,30H2,1-3H3. The first-order valence-corrected chi connectivity index (χ1v) is 12.1. The Morgan fingerprint density at radius 2 is 1.92 bits per heavy atom. The van der Waals surface area contributed by atoms with E-state index < -0.39 is 17.8 Å². The molecule has 0 spiro atoms. The molecule has 3 unspecified atom stereocenters. The number of likely N-dealkylation sites (tertiary alicyclic amines) is 1. The molecule has 8 nitrogen and oxygen atoms in total. The number of aromatic nitrogens is 4. The molecule has 3 aromatic heterocycles. The minimum absolute atomic E-state index is 0.0994. The number of alkyl halides is 3. The first kappa shape index (κ1) is 25.4. The van der Waals surface area contributed by atoms with Crippen LogP contribution in [0.4, 0.5) is 13.2 Å². The molecule has 3 atom stereocenters. The van der Waals surface area contributed by atoms with E-state index in [0.29, 0.717) is 41.5 Å². The highest BCUT2D eigenvalue weighted by Crippen LogP contribution is 2.41. The van der Waals surface area contributed by atoms with Crippen LogP contribution in [-0.2, 0) is 4.74 Å². The third-order valence-electron chi connectivity index (χ3n) is 6.58. The van der Waals surface area contributed by atoms with E-state index in [-0.39, 0.29) is 24.8 Å². The summed E-state index contributed by atoms with van der Waals surface area (Å²) in [5.74, 6) is 0.990. The van der Waals surface area contributed by atoms with Gasteiger partial charge in [-0.25, -0.2) is 4.98 Å². The van der Waals surface area contributed by atoms with Crippen LogP contribution in [0, 0.1) is 0 Å². The van der Waals surface area contributed by atoms with Gasteiger partial charge in [0.1, 0.15) is 23.6 Å². The highest BCUT2D eigenvalue weighted by Gasteiger charge is 2.48. The highest BCUT2D eigenvalue weighted by molar-refractivity contribution is 5.82. The second kappa shape index (κ2) is 9.55. The lowest BCUT2D eigenvalue weighted by Crippen LogP contribution is -2.43. The van der Waals surface area contributed by atoms with Crippen LogP contribution in [0.5, 0.6) is 5.75 Å². The summed E-state index contributed by atoms with van der Waals surface area (Å²) in [4.78, 5) is 6.11. The Labute approximate surface area is 212 Å². The van der Waals surface area contributed by atoms with Crippen molar-refractivity contribution in [2.75, 3.05) is 26.8 Å². The maximum atomic E-state index is 14.3. The number of rotatable bonds is 7. The van der Waals surface area contributed by atoms with Gasteiger partial charge < -0.3 is 15.2 Å². The minimum Gasteiger partial charge on any atom is -0.488 e. The Bertz CT molecular complexity index is 1420. The van der Waals surface area contributed by atoms with E-state index in [1.807, 2.05) is 31.2 Å². The summed E-state index contributed by atoms with van der Waals surface area (Å²) in [5.41, 5.74) is 7.16. The zero-order chi connectivity index (χ0) is 26.4. The summed E-state index contributed by atoms with van der Waals surface area (Å²) in [6.07, 6.45) is -2.66. The van der Waals surface area contributed by atoms with E-state index in [1.165, 1.54) is 17.2 Å². The molecule has 1 fully saturated rings. The third-order valence-corrected chi connectivity index (χ3v) is 6.58. The van der Waals surface area contributed by atoms with Gasteiger partial charge in [-0.1, -0.05) is 12.1 Å². The molecular weight excluding hydrogens is 485 g/mol. The smallest absolute Gasteiger partial charge is 0.408 e. The monoisotopic (exact) mass is 514 g/mol. The summed E-state index contributed by atoms with van der Waals surface area (Å²) in [7, 11) is 1.61. The number of fused-ring (bicyclic) bond motifs is 2. The van der Waals surface area contributed by atoms with Gasteiger partial charge in [0.25, 0.3) is 0 Å². The molecule has 0 radical (unpaired) electrons. The van der Waals surface area contributed by atoms with Crippen molar-refractivity contribution in [1.82, 2.24) is 24.5 Å². The van der Waals surface area contributed by atoms with Crippen molar-refractivity contribution < 1.29 is 22.6 Å². The quantitative estimate of drug-likeness (QED) is 0.391.